The zero-order chi connectivity index (χ0) is 20.0. The maximum atomic E-state index is 13.3. The van der Waals surface area contributed by atoms with E-state index in [1.54, 1.807) is 25.1 Å². The van der Waals surface area contributed by atoms with Crippen molar-refractivity contribution in [1.82, 2.24) is 9.47 Å². The van der Waals surface area contributed by atoms with Crippen LogP contribution in [0.1, 0.15) is 28.4 Å². The van der Waals surface area contributed by atoms with Gasteiger partial charge in [0.2, 0.25) is 5.91 Å². The Kier molecular flexibility index (Phi) is 6.44. The summed E-state index contributed by atoms with van der Waals surface area (Å²) in [5.41, 5.74) is -0.340. The second kappa shape index (κ2) is 8.76. The number of nitriles is 1. The number of pyridine rings is 1. The average molecular weight is 371 g/mol. The lowest BCUT2D eigenvalue weighted by atomic mass is 10.2. The van der Waals surface area contributed by atoms with Crippen LogP contribution < -0.4 is 5.56 Å². The van der Waals surface area contributed by atoms with Crippen molar-refractivity contribution in [3.63, 3.8) is 0 Å². The summed E-state index contributed by atoms with van der Waals surface area (Å²) in [6.07, 6.45) is 1.18. The van der Waals surface area contributed by atoms with E-state index >= 15 is 0 Å². The highest BCUT2D eigenvalue weighted by molar-refractivity contribution is 5.89. The highest BCUT2D eigenvalue weighted by Crippen LogP contribution is 2.09. The van der Waals surface area contributed by atoms with Gasteiger partial charge >= 0.3 is 5.97 Å². The lowest BCUT2D eigenvalue weighted by molar-refractivity contribution is -0.132. The number of rotatable bonds is 6. The number of hydrogen-bond donors (Lipinski definition) is 0. The lowest BCUT2D eigenvalue weighted by Gasteiger charge is -2.21. The Labute approximate surface area is 155 Å². The molecule has 0 N–H and O–H groups in total. The third kappa shape index (κ3) is 4.79. The first-order valence-electron chi connectivity index (χ1n) is 8.14. The Hall–Kier alpha value is -3.47. The summed E-state index contributed by atoms with van der Waals surface area (Å²) in [6.45, 7) is 1.91. The molecule has 140 valence electrons. The van der Waals surface area contributed by atoms with E-state index in [4.69, 9.17) is 5.26 Å². The molecule has 2 rings (SSSR count). The number of carbonyl (C=O) groups excluding carboxylic acids is 2. The van der Waals surface area contributed by atoms with E-state index in [-0.39, 0.29) is 24.2 Å². The van der Waals surface area contributed by atoms with Crippen LogP contribution in [0.4, 0.5) is 4.39 Å². The van der Waals surface area contributed by atoms with Crippen LogP contribution in [-0.4, -0.2) is 35.0 Å². The molecule has 0 bridgehead atoms. The number of likely N-dealkylation sites (N-methyl/N-ethyl adjacent to an activating group) is 1. The SMILES string of the molecule is CCN(Cc1cccc(F)c1)C(=O)Cn1cc(C(=O)OC)cc(C#N)c1=O. The van der Waals surface area contributed by atoms with Crippen LogP contribution in [0.5, 0.6) is 0 Å². The van der Waals surface area contributed by atoms with Gasteiger partial charge in [0.05, 0.1) is 12.7 Å². The lowest BCUT2D eigenvalue weighted by Crippen LogP contribution is -2.36. The number of nitrogens with zero attached hydrogens (tertiary/aromatic N) is 3. The molecule has 7 nitrogen and oxygen atoms in total. The Morgan fingerprint density at radius 1 is 1.33 bits per heavy atom. The van der Waals surface area contributed by atoms with E-state index in [9.17, 15) is 18.8 Å². The Balaban J connectivity index is 2.28. The van der Waals surface area contributed by atoms with Crippen molar-refractivity contribution < 1.29 is 18.7 Å². The number of aromatic nitrogens is 1. The number of carbonyl (C=O) groups is 2. The molecule has 0 unspecified atom stereocenters. The molecule has 27 heavy (non-hydrogen) atoms. The predicted molar refractivity (Wildman–Crippen MR) is 94.2 cm³/mol. The van der Waals surface area contributed by atoms with Crippen LogP contribution in [-0.2, 0) is 22.6 Å². The van der Waals surface area contributed by atoms with E-state index in [1.165, 1.54) is 30.3 Å². The molecule has 0 radical (unpaired) electrons. The molecule has 1 heterocycles. The Bertz CT molecular complexity index is 962. The summed E-state index contributed by atoms with van der Waals surface area (Å²) in [4.78, 5) is 38.0. The van der Waals surface area contributed by atoms with Crippen molar-refractivity contribution in [2.45, 2.75) is 20.0 Å². The number of benzene rings is 1. The van der Waals surface area contributed by atoms with Gasteiger partial charge in [0, 0.05) is 19.3 Å². The maximum Gasteiger partial charge on any atom is 0.339 e. The summed E-state index contributed by atoms with van der Waals surface area (Å²) in [5, 5.41) is 9.09. The molecule has 0 saturated heterocycles. The molecule has 0 spiro atoms. The van der Waals surface area contributed by atoms with E-state index < -0.39 is 23.3 Å². The monoisotopic (exact) mass is 371 g/mol. The molecule has 2 aromatic rings. The zero-order valence-corrected chi connectivity index (χ0v) is 14.9. The molecule has 0 aliphatic rings. The molecule has 1 aromatic carbocycles. The third-order valence-corrected chi connectivity index (χ3v) is 3.93. The average Bonchev–Trinajstić information content (AvgIpc) is 2.66. The van der Waals surface area contributed by atoms with Gasteiger partial charge in [0.15, 0.2) is 0 Å². The largest absolute Gasteiger partial charge is 0.465 e. The first-order chi connectivity index (χ1) is 12.9. The molecular weight excluding hydrogens is 353 g/mol. The van der Waals surface area contributed by atoms with Crippen LogP contribution in [0.3, 0.4) is 0 Å². The summed E-state index contributed by atoms with van der Waals surface area (Å²) in [7, 11) is 1.17. The molecule has 8 heteroatoms. The fraction of sp³-hybridized carbons (Fsp3) is 0.263. The highest BCUT2D eigenvalue weighted by Gasteiger charge is 2.17. The normalized spacial score (nSPS) is 10.1. The van der Waals surface area contributed by atoms with Gasteiger partial charge in [-0.15, -0.1) is 0 Å². The van der Waals surface area contributed by atoms with Crippen molar-refractivity contribution in [2.75, 3.05) is 13.7 Å². The van der Waals surface area contributed by atoms with Gasteiger partial charge < -0.3 is 14.2 Å². The van der Waals surface area contributed by atoms with Gasteiger partial charge in [-0.05, 0) is 30.7 Å². The smallest absolute Gasteiger partial charge is 0.339 e. The van der Waals surface area contributed by atoms with Crippen LogP contribution in [0.15, 0.2) is 41.3 Å². The second-order valence-corrected chi connectivity index (χ2v) is 5.72. The number of amides is 1. The summed E-state index contributed by atoms with van der Waals surface area (Å²) < 4.78 is 18.9. The van der Waals surface area contributed by atoms with Crippen molar-refractivity contribution >= 4 is 11.9 Å². The van der Waals surface area contributed by atoms with Crippen molar-refractivity contribution in [3.8, 4) is 6.07 Å². The number of methoxy groups -OCH3 is 1. The first-order valence-corrected chi connectivity index (χ1v) is 8.14. The van der Waals surface area contributed by atoms with E-state index in [0.717, 1.165) is 10.6 Å². The maximum absolute atomic E-state index is 13.3. The minimum Gasteiger partial charge on any atom is -0.465 e. The quantitative estimate of drug-likeness (QED) is 0.721. The van der Waals surface area contributed by atoms with Gasteiger partial charge in [0.25, 0.3) is 5.56 Å². The Morgan fingerprint density at radius 2 is 2.07 bits per heavy atom. The molecule has 0 fully saturated rings. The molecule has 0 atom stereocenters. The third-order valence-electron chi connectivity index (χ3n) is 3.93. The number of esters is 1. The molecular formula is C19H18FN3O4. The van der Waals surface area contributed by atoms with E-state index in [0.29, 0.717) is 12.1 Å². The summed E-state index contributed by atoms with van der Waals surface area (Å²) in [5.74, 6) is -1.54. The second-order valence-electron chi connectivity index (χ2n) is 5.72. The molecule has 1 amide bonds. The number of ether oxygens (including phenoxy) is 1. The van der Waals surface area contributed by atoms with Crippen LogP contribution in [0.25, 0.3) is 0 Å². The number of hydrogen-bond acceptors (Lipinski definition) is 5. The van der Waals surface area contributed by atoms with Crippen molar-refractivity contribution in [1.29, 1.82) is 5.26 Å². The standard InChI is InChI=1S/C19H18FN3O4/c1-3-22(10-13-5-4-6-16(20)7-13)17(24)12-23-11-15(19(26)27-2)8-14(9-21)18(23)25/h4-8,11H,3,10,12H2,1-2H3. The fourth-order valence-corrected chi connectivity index (χ4v) is 2.54. The first kappa shape index (κ1) is 19.8. The van der Waals surface area contributed by atoms with E-state index in [2.05, 4.69) is 4.74 Å². The van der Waals surface area contributed by atoms with Gasteiger partial charge in [-0.1, -0.05) is 12.1 Å². The van der Waals surface area contributed by atoms with Gasteiger partial charge in [-0.2, -0.15) is 5.26 Å². The zero-order valence-electron chi connectivity index (χ0n) is 14.9. The van der Waals surface area contributed by atoms with Gasteiger partial charge in [0.1, 0.15) is 24.0 Å². The molecule has 0 saturated carbocycles. The molecule has 0 aliphatic heterocycles. The minimum absolute atomic E-state index is 0.00497. The van der Waals surface area contributed by atoms with Gasteiger partial charge in [-0.25, -0.2) is 9.18 Å². The van der Waals surface area contributed by atoms with E-state index in [1.807, 2.05) is 0 Å². The van der Waals surface area contributed by atoms with Crippen LogP contribution >= 0.6 is 0 Å². The minimum atomic E-state index is -0.722. The van der Waals surface area contributed by atoms with Crippen molar-refractivity contribution in [3.05, 3.63) is 69.4 Å². The van der Waals surface area contributed by atoms with Crippen LogP contribution in [0, 0.1) is 17.1 Å². The highest BCUT2D eigenvalue weighted by atomic mass is 19.1. The molecule has 0 aliphatic carbocycles. The van der Waals surface area contributed by atoms with Crippen LogP contribution in [0.2, 0.25) is 0 Å². The summed E-state index contributed by atoms with van der Waals surface area (Å²) in [6, 6.07) is 8.71. The van der Waals surface area contributed by atoms with Crippen molar-refractivity contribution in [2.24, 2.45) is 0 Å². The van der Waals surface area contributed by atoms with Gasteiger partial charge in [-0.3, -0.25) is 9.59 Å². The predicted octanol–water partition coefficient (Wildman–Crippen LogP) is 1.69. The molecule has 1 aromatic heterocycles. The summed E-state index contributed by atoms with van der Waals surface area (Å²) >= 11 is 0. The number of halogens is 1. The fourth-order valence-electron chi connectivity index (χ4n) is 2.54. The topological polar surface area (TPSA) is 92.4 Å². The Morgan fingerprint density at radius 3 is 2.67 bits per heavy atom.